The van der Waals surface area contributed by atoms with E-state index in [0.29, 0.717) is 38.9 Å². The van der Waals surface area contributed by atoms with Gasteiger partial charge in [0, 0.05) is 53.9 Å². The van der Waals surface area contributed by atoms with E-state index < -0.39 is 130 Å². The number of rotatable bonds is 13. The smallest absolute Gasteiger partial charge is 0.268 e. The molecule has 13 aromatic rings. The van der Waals surface area contributed by atoms with E-state index in [1.807, 2.05) is 12.1 Å². The maximum Gasteiger partial charge on any atom is 0.268 e. The lowest BCUT2D eigenvalue weighted by Gasteiger charge is -2.16. The summed E-state index contributed by atoms with van der Waals surface area (Å²) in [6, 6.07) is 61.2. The summed E-state index contributed by atoms with van der Waals surface area (Å²) >= 11 is 0. The molecule has 0 atom stereocenters. The van der Waals surface area contributed by atoms with Gasteiger partial charge in [0.05, 0.1) is 99.6 Å². The number of Topliss-reactive ketones (excluding diaryl/α,β-unsaturated/α-hetero) is 7. The van der Waals surface area contributed by atoms with E-state index in [1.54, 1.807) is 166 Å². The van der Waals surface area contributed by atoms with Crippen molar-refractivity contribution in [3.8, 4) is 22.3 Å². The van der Waals surface area contributed by atoms with Crippen molar-refractivity contribution in [2.75, 3.05) is 12.5 Å². The van der Waals surface area contributed by atoms with Crippen molar-refractivity contribution in [2.24, 2.45) is 0 Å². The summed E-state index contributed by atoms with van der Waals surface area (Å²) in [7, 11) is -22.4. The Morgan fingerprint density at radius 1 is 0.215 bits per heavy atom. The molecule has 0 aliphatic heterocycles. The fraction of sp³-hybridized carbons (Fsp3) is 0.0426. The molecule has 652 valence electrons. The van der Waals surface area contributed by atoms with Crippen LogP contribution in [0.25, 0.3) is 64.3 Å². The second-order valence-electron chi connectivity index (χ2n) is 29.0. The number of hydrogen-bond acceptors (Lipinski definition) is 24. The summed E-state index contributed by atoms with van der Waals surface area (Å²) in [5.41, 5.74) is 5.91. The average Bonchev–Trinajstić information content (AvgIpc) is 1.69. The van der Waals surface area contributed by atoms with Crippen LogP contribution >= 0.6 is 0 Å². The fourth-order valence-corrected chi connectivity index (χ4v) is 21.6. The predicted octanol–water partition coefficient (Wildman–Crippen LogP) is 11.6. The van der Waals surface area contributed by atoms with E-state index in [4.69, 9.17) is 0 Å². The summed E-state index contributed by atoms with van der Waals surface area (Å²) in [5, 5.41) is 0. The van der Waals surface area contributed by atoms with Crippen molar-refractivity contribution in [2.45, 2.75) is 33.4 Å². The third-order valence-corrected chi connectivity index (χ3v) is 29.4. The molecule has 0 amide bonds. The molecule has 0 saturated carbocycles. The zero-order chi connectivity index (χ0) is 93.4. The molecule has 0 spiro atoms. The number of ketones is 12. The zero-order valence-electron chi connectivity index (χ0n) is 68.1. The first-order chi connectivity index (χ1) is 61.6. The van der Waals surface area contributed by atoms with Gasteiger partial charge in [-0.15, -0.1) is 0 Å². The van der Waals surface area contributed by atoms with E-state index in [2.05, 4.69) is 0 Å². The summed E-state index contributed by atoms with van der Waals surface area (Å²) in [4.78, 5) is 143. The third kappa shape index (κ3) is 17.4. The number of carbonyl (C=O) groups is 12. The van der Waals surface area contributed by atoms with Gasteiger partial charge in [-0.2, -0.15) is 0 Å². The number of allylic oxidation sites excluding steroid dienone is 6. The average molecular weight is 1860 g/mol. The van der Waals surface area contributed by atoms with E-state index in [-0.39, 0.29) is 92.7 Å². The predicted molar refractivity (Wildman–Crippen MR) is 479 cm³/mol. The number of aromatic nitrogens is 6. The van der Waals surface area contributed by atoms with E-state index in [9.17, 15) is 108 Å². The van der Waals surface area contributed by atoms with Gasteiger partial charge in [0.15, 0.2) is 0 Å². The van der Waals surface area contributed by atoms with Gasteiger partial charge >= 0.3 is 0 Å². The standard InChI is InChI=1S/C26H17NO4S.C20H13NO4S.C15H11NO4S.C14H9NO4S.C10H9NO4S.C9H7NO4S/c28-25-21(18-10-4-1-5-11-18)16-23-24(26(25)29)22(19-12-6-2-7-13-19)17-27(23)32(30,31)20-14-8-3-9-15-20;22-18-12-11-17-19(20(18)23)16(14-7-3-1-4-8-14)13-21(17)26(24,25)15-9-5-2-6-10-15;1-10-9-16(12-7-8-13(17)15(18)14(10)12)21(19,20)11-5-3-2-4-6-11;16-13-7-6-12-11(14(13)17)8-9-15(12)20(18,19)10-4-2-1-3-5-10;1-6-5-11(16(2,14)15)7-3-4-8(12)10(13)9(6)7;1-15(13,14)10-5-4-6-7(10)2-3-8(11)9(6)12/h1-17H;1-13H;2-9H,1H3;1-9H;3-5H,1-2H3;2-5H,1H3. The molecule has 6 heterocycles. The number of benzene rings is 7. The van der Waals surface area contributed by atoms with Crippen LogP contribution in [-0.2, 0) is 88.9 Å². The SMILES string of the molecule is CS(=O)(=O)n1ccc2c1C=CC(=O)C2=O.Cc1cn(S(=O)(=O)c2ccccc2)c2c1C(=O)C(=O)C=C2.Cc1cn(S(C)(=O)=O)c2c1C(=O)C(=O)C=C2.O=C1C(=O)c2c(-c3ccccc3)cn(S(=O)(=O)c3ccccc3)c2C=C1c1ccccc1.O=C1C=Cc2c(c(-c3ccccc3)cn2S(=O)(=O)c2ccccc2)C1=O.O=C1C=Cc2c(ccn2S(=O)(=O)c2ccccc2)C1=O. The highest BCUT2D eigenvalue weighted by Crippen LogP contribution is 2.40. The van der Waals surface area contributed by atoms with Crippen LogP contribution in [0.4, 0.5) is 0 Å². The quantitative estimate of drug-likeness (QED) is 0.0967. The maximum absolute atomic E-state index is 13.5. The van der Waals surface area contributed by atoms with Crippen LogP contribution in [0, 0.1) is 13.8 Å². The minimum Gasteiger partial charge on any atom is -0.286 e. The molecule has 0 bridgehead atoms. The molecule has 19 rings (SSSR count). The molecule has 0 fully saturated rings. The zero-order valence-corrected chi connectivity index (χ0v) is 73.0. The maximum atomic E-state index is 13.5. The Labute approximate surface area is 742 Å². The monoisotopic (exact) mass is 1850 g/mol. The van der Waals surface area contributed by atoms with Gasteiger partial charge in [-0.25, -0.2) is 74.3 Å². The molecule has 7 aromatic carbocycles. The molecule has 36 heteroatoms. The first-order valence-electron chi connectivity index (χ1n) is 38.5. The summed E-state index contributed by atoms with van der Waals surface area (Å²) < 4.78 is 155. The first-order valence-corrected chi connectivity index (χ1v) is 47.9. The highest BCUT2D eigenvalue weighted by Gasteiger charge is 2.39. The fourth-order valence-electron chi connectivity index (χ4n) is 14.4. The Kier molecular flexibility index (Phi) is 24.9. The molecule has 0 saturated heterocycles. The molecular weight excluding hydrogens is 1790 g/mol. The number of hydrogen-bond donors (Lipinski definition) is 0. The topological polar surface area (TPSA) is 439 Å². The molecule has 30 nitrogen and oxygen atoms in total. The second kappa shape index (κ2) is 35.7. The van der Waals surface area contributed by atoms with Crippen molar-refractivity contribution >= 4 is 172 Å². The summed E-state index contributed by atoms with van der Waals surface area (Å²) in [5.74, 6) is -7.97. The van der Waals surface area contributed by atoms with Crippen LogP contribution in [0.2, 0.25) is 0 Å². The van der Waals surface area contributed by atoms with Crippen molar-refractivity contribution < 1.29 is 108 Å². The molecule has 6 aliphatic carbocycles. The molecule has 0 N–H and O–H groups in total. The Morgan fingerprint density at radius 3 is 0.838 bits per heavy atom. The van der Waals surface area contributed by atoms with E-state index in [1.165, 1.54) is 134 Å². The van der Waals surface area contributed by atoms with Crippen LogP contribution in [-0.4, -0.2) is 156 Å². The van der Waals surface area contributed by atoms with Crippen LogP contribution in [0.1, 0.15) is 113 Å². The van der Waals surface area contributed by atoms with Gasteiger partial charge in [0.2, 0.25) is 89.4 Å². The van der Waals surface area contributed by atoms with Crippen molar-refractivity contribution in [3.05, 3.63) is 376 Å². The lowest BCUT2D eigenvalue weighted by Crippen LogP contribution is -2.23. The van der Waals surface area contributed by atoms with E-state index in [0.717, 1.165) is 66.7 Å². The van der Waals surface area contributed by atoms with Crippen LogP contribution < -0.4 is 0 Å². The largest absolute Gasteiger partial charge is 0.286 e. The van der Waals surface area contributed by atoms with Gasteiger partial charge < -0.3 is 0 Å². The van der Waals surface area contributed by atoms with Gasteiger partial charge in [-0.1, -0.05) is 164 Å². The van der Waals surface area contributed by atoms with Crippen molar-refractivity contribution in [1.82, 2.24) is 23.8 Å². The minimum atomic E-state index is -4.01. The molecule has 6 aliphatic rings. The lowest BCUT2D eigenvalue weighted by molar-refractivity contribution is -0.111. The highest BCUT2D eigenvalue weighted by atomic mass is 32.2. The van der Waals surface area contributed by atoms with E-state index >= 15 is 0 Å². The number of aryl methyl sites for hydroxylation is 2. The second-order valence-corrected chi connectivity index (χ2v) is 40.0. The Bertz CT molecular complexity index is 7990. The highest BCUT2D eigenvalue weighted by molar-refractivity contribution is 7.91. The van der Waals surface area contributed by atoms with Crippen LogP contribution in [0.5, 0.6) is 0 Å². The van der Waals surface area contributed by atoms with Gasteiger partial charge in [-0.05, 0) is 169 Å². The van der Waals surface area contributed by atoms with Crippen LogP contribution in [0.3, 0.4) is 0 Å². The number of nitrogens with zero attached hydrogens (tertiary/aromatic N) is 6. The lowest BCUT2D eigenvalue weighted by atomic mass is 9.87. The van der Waals surface area contributed by atoms with Crippen molar-refractivity contribution in [1.29, 1.82) is 0 Å². The number of fused-ring (bicyclic) bond motifs is 6. The first kappa shape index (κ1) is 90.6. The van der Waals surface area contributed by atoms with Gasteiger partial charge in [0.25, 0.3) is 40.1 Å². The minimum absolute atomic E-state index is 0.0939. The van der Waals surface area contributed by atoms with Gasteiger partial charge in [0.1, 0.15) is 0 Å². The Hall–Kier alpha value is -15.6. The Balaban J connectivity index is 0.000000128. The van der Waals surface area contributed by atoms with Crippen LogP contribution in [0.15, 0.2) is 312 Å². The molecule has 0 unspecified atom stereocenters. The molecular formula is C94H66N6O24S6. The third-order valence-electron chi connectivity index (χ3n) is 20.6. The van der Waals surface area contributed by atoms with Crippen molar-refractivity contribution in [3.63, 3.8) is 0 Å². The Morgan fingerprint density at radius 2 is 0.477 bits per heavy atom. The van der Waals surface area contributed by atoms with Gasteiger partial charge in [-0.3, -0.25) is 57.5 Å². The molecule has 130 heavy (non-hydrogen) atoms. The molecule has 6 aromatic heterocycles. The normalized spacial score (nSPS) is 14.3. The molecule has 0 radical (unpaired) electrons. The number of carbonyl (C=O) groups excluding carboxylic acids is 12. The summed E-state index contributed by atoms with van der Waals surface area (Å²) in [6.07, 6.45) is 23.9. The summed E-state index contributed by atoms with van der Waals surface area (Å²) in [6.45, 7) is 3.21.